The van der Waals surface area contributed by atoms with Gasteiger partial charge in [0.25, 0.3) is 0 Å². The number of hydrogen-bond donors (Lipinski definition) is 0. The third kappa shape index (κ3) is 3.61. The normalized spacial score (nSPS) is 17.8. The van der Waals surface area contributed by atoms with Crippen LogP contribution in [0.1, 0.15) is 18.4 Å². The second-order valence-electron chi connectivity index (χ2n) is 5.32. The quantitative estimate of drug-likeness (QED) is 0.730. The minimum absolute atomic E-state index is 0.977. The average molecular weight is 272 g/mol. The van der Waals surface area contributed by atoms with Crippen molar-refractivity contribution >= 4 is 11.6 Å². The molecule has 0 heteroatoms. The van der Waals surface area contributed by atoms with Crippen LogP contribution in [-0.4, -0.2) is 0 Å². The maximum Gasteiger partial charge on any atom is -0.00882 e. The van der Waals surface area contributed by atoms with E-state index in [-0.39, 0.29) is 0 Å². The summed E-state index contributed by atoms with van der Waals surface area (Å²) in [5.74, 6) is 0. The van der Waals surface area contributed by atoms with E-state index >= 15 is 0 Å². The van der Waals surface area contributed by atoms with Crippen molar-refractivity contribution in [3.05, 3.63) is 94.9 Å². The van der Waals surface area contributed by atoms with Crippen molar-refractivity contribution in [2.45, 2.75) is 19.3 Å². The van der Waals surface area contributed by atoms with E-state index in [2.05, 4.69) is 85.0 Å². The van der Waals surface area contributed by atoms with Crippen molar-refractivity contribution in [3.8, 4) is 0 Å². The standard InChI is InChI=1S/C21H20/c1-2-7-13-19(12-6-1)21-15-9-8-14-20(21)17-16-18-10-4-3-5-11-18/h1,3-11,13-15,17H,2,12,16H2/b20-17-,21-19+. The Morgan fingerprint density at radius 2 is 1.62 bits per heavy atom. The Labute approximate surface area is 126 Å². The van der Waals surface area contributed by atoms with Crippen molar-refractivity contribution in [3.63, 3.8) is 0 Å². The van der Waals surface area contributed by atoms with E-state index in [0.717, 1.165) is 19.3 Å². The van der Waals surface area contributed by atoms with Gasteiger partial charge in [0, 0.05) is 0 Å². The van der Waals surface area contributed by atoms with Gasteiger partial charge in [0.2, 0.25) is 0 Å². The Balaban J connectivity index is 2.04. The molecular formula is C21H20. The Hall–Kier alpha value is -2.34. The monoisotopic (exact) mass is 272 g/mol. The van der Waals surface area contributed by atoms with Crippen LogP contribution in [0.2, 0.25) is 0 Å². The van der Waals surface area contributed by atoms with Gasteiger partial charge in [-0.05, 0) is 40.8 Å². The van der Waals surface area contributed by atoms with E-state index in [1.54, 1.807) is 0 Å². The molecule has 2 aromatic carbocycles. The molecule has 0 N–H and O–H groups in total. The molecule has 0 spiro atoms. The molecule has 0 unspecified atom stereocenters. The highest BCUT2D eigenvalue weighted by Gasteiger charge is 1.96. The number of hydrogen-bond acceptors (Lipinski definition) is 0. The van der Waals surface area contributed by atoms with Gasteiger partial charge >= 0.3 is 0 Å². The average Bonchev–Trinajstić information content (AvgIpc) is 2.83. The van der Waals surface area contributed by atoms with Crippen LogP contribution in [0.3, 0.4) is 0 Å². The third-order valence-corrected chi connectivity index (χ3v) is 3.80. The van der Waals surface area contributed by atoms with Gasteiger partial charge in [0.15, 0.2) is 0 Å². The zero-order chi connectivity index (χ0) is 14.3. The summed E-state index contributed by atoms with van der Waals surface area (Å²) in [6.07, 6.45) is 14.4. The summed E-state index contributed by atoms with van der Waals surface area (Å²) in [6.45, 7) is 0. The predicted octanol–water partition coefficient (Wildman–Crippen LogP) is 3.77. The molecule has 1 aliphatic rings. The number of rotatable bonds is 2. The minimum atomic E-state index is 0.977. The lowest BCUT2D eigenvalue weighted by Gasteiger charge is -2.00. The van der Waals surface area contributed by atoms with Gasteiger partial charge in [0.05, 0.1) is 0 Å². The molecule has 0 saturated heterocycles. The summed E-state index contributed by atoms with van der Waals surface area (Å²) in [5.41, 5.74) is 2.76. The highest BCUT2D eigenvalue weighted by atomic mass is 14.0. The highest BCUT2D eigenvalue weighted by Crippen LogP contribution is 2.09. The fourth-order valence-electron chi connectivity index (χ4n) is 2.67. The van der Waals surface area contributed by atoms with Crippen LogP contribution in [0.15, 0.2) is 78.9 Å². The molecule has 0 nitrogen and oxygen atoms in total. The molecule has 0 bridgehead atoms. The second-order valence-corrected chi connectivity index (χ2v) is 5.32. The van der Waals surface area contributed by atoms with Crippen molar-refractivity contribution in [1.82, 2.24) is 0 Å². The van der Waals surface area contributed by atoms with E-state index in [4.69, 9.17) is 0 Å². The Bertz CT molecular complexity index is 761. The molecular weight excluding hydrogens is 252 g/mol. The van der Waals surface area contributed by atoms with Crippen LogP contribution in [0.5, 0.6) is 0 Å². The first-order chi connectivity index (χ1) is 10.4. The van der Waals surface area contributed by atoms with Crippen LogP contribution >= 0.6 is 0 Å². The molecule has 104 valence electrons. The van der Waals surface area contributed by atoms with Crippen molar-refractivity contribution in [1.29, 1.82) is 0 Å². The molecule has 3 rings (SSSR count). The van der Waals surface area contributed by atoms with Gasteiger partial charge in [-0.2, -0.15) is 0 Å². The topological polar surface area (TPSA) is 0 Å². The van der Waals surface area contributed by atoms with Crippen LogP contribution in [0, 0.1) is 0 Å². The zero-order valence-corrected chi connectivity index (χ0v) is 12.2. The van der Waals surface area contributed by atoms with Gasteiger partial charge in [-0.25, -0.2) is 0 Å². The van der Waals surface area contributed by atoms with Gasteiger partial charge < -0.3 is 0 Å². The maximum atomic E-state index is 2.33. The molecule has 0 fully saturated rings. The summed E-state index contributed by atoms with van der Waals surface area (Å²) >= 11 is 0. The number of allylic oxidation sites excluding steroid dienone is 4. The fraction of sp³-hybridized carbons (Fsp3) is 0.143. The summed E-state index contributed by atoms with van der Waals surface area (Å²) in [6, 6.07) is 19.3. The molecule has 0 heterocycles. The smallest absolute Gasteiger partial charge is 0.00882 e. The van der Waals surface area contributed by atoms with E-state index in [1.807, 2.05) is 0 Å². The molecule has 21 heavy (non-hydrogen) atoms. The summed E-state index contributed by atoms with van der Waals surface area (Å²) in [7, 11) is 0. The lowest BCUT2D eigenvalue weighted by Crippen LogP contribution is -2.26. The molecule has 0 amide bonds. The van der Waals surface area contributed by atoms with Crippen molar-refractivity contribution in [2.24, 2.45) is 0 Å². The van der Waals surface area contributed by atoms with Gasteiger partial charge in [-0.15, -0.1) is 0 Å². The maximum absolute atomic E-state index is 2.33. The predicted molar refractivity (Wildman–Crippen MR) is 91.2 cm³/mol. The largest absolute Gasteiger partial charge is 0.0844 e. The summed E-state index contributed by atoms with van der Waals surface area (Å²) in [4.78, 5) is 0. The first-order valence-electron chi connectivity index (χ1n) is 7.57. The van der Waals surface area contributed by atoms with Crippen LogP contribution in [-0.2, 0) is 6.42 Å². The van der Waals surface area contributed by atoms with Gasteiger partial charge in [-0.3, -0.25) is 0 Å². The Kier molecular flexibility index (Phi) is 4.48. The first kappa shape index (κ1) is 13.6. The van der Waals surface area contributed by atoms with E-state index in [1.165, 1.54) is 21.6 Å². The molecule has 0 aliphatic heterocycles. The second kappa shape index (κ2) is 6.90. The minimum Gasteiger partial charge on any atom is -0.0844 e. The van der Waals surface area contributed by atoms with E-state index < -0.39 is 0 Å². The van der Waals surface area contributed by atoms with Gasteiger partial charge in [0.1, 0.15) is 0 Å². The Morgan fingerprint density at radius 3 is 2.52 bits per heavy atom. The fourth-order valence-corrected chi connectivity index (χ4v) is 2.67. The molecule has 0 aromatic heterocycles. The number of benzene rings is 2. The lowest BCUT2D eigenvalue weighted by atomic mass is 10.1. The molecule has 1 aliphatic carbocycles. The van der Waals surface area contributed by atoms with Crippen LogP contribution in [0.4, 0.5) is 0 Å². The van der Waals surface area contributed by atoms with Crippen molar-refractivity contribution in [2.75, 3.05) is 0 Å². The molecule has 0 radical (unpaired) electrons. The van der Waals surface area contributed by atoms with E-state index in [9.17, 15) is 0 Å². The summed E-state index contributed by atoms with van der Waals surface area (Å²) in [5, 5.41) is 2.69. The zero-order valence-electron chi connectivity index (χ0n) is 12.2. The summed E-state index contributed by atoms with van der Waals surface area (Å²) < 4.78 is 0. The third-order valence-electron chi connectivity index (χ3n) is 3.80. The first-order valence-corrected chi connectivity index (χ1v) is 7.57. The highest BCUT2D eigenvalue weighted by molar-refractivity contribution is 5.59. The van der Waals surface area contributed by atoms with Crippen LogP contribution < -0.4 is 10.4 Å². The molecule has 2 aromatic rings. The van der Waals surface area contributed by atoms with Crippen LogP contribution in [0.25, 0.3) is 11.6 Å². The van der Waals surface area contributed by atoms with E-state index in [0.29, 0.717) is 0 Å². The molecule has 0 saturated carbocycles. The SMILES string of the molecule is C1=CC/C(=c2/cccc/c2=C/Cc2ccccc2)C=CC1. The molecule has 0 atom stereocenters. The van der Waals surface area contributed by atoms with Gasteiger partial charge in [-0.1, -0.05) is 85.0 Å². The lowest BCUT2D eigenvalue weighted by molar-refractivity contribution is 1.30. The van der Waals surface area contributed by atoms with Crippen molar-refractivity contribution < 1.29 is 0 Å². The Morgan fingerprint density at radius 1 is 0.810 bits per heavy atom.